The number of nitrogens with one attached hydrogen (secondary N) is 1. The molecule has 1 amide bonds. The summed E-state index contributed by atoms with van der Waals surface area (Å²) in [5, 5.41) is 11.6. The molecule has 0 aromatic heterocycles. The van der Waals surface area contributed by atoms with E-state index in [1.165, 1.54) is 36.4 Å². The van der Waals surface area contributed by atoms with Crippen LogP contribution in [0.3, 0.4) is 0 Å². The Morgan fingerprint density at radius 3 is 2.58 bits per heavy atom. The minimum atomic E-state index is -0.706. The van der Waals surface area contributed by atoms with Gasteiger partial charge >= 0.3 is 0 Å². The van der Waals surface area contributed by atoms with E-state index in [2.05, 4.69) is 5.32 Å². The average molecular weight is 300 g/mol. The molecule has 2 aromatic carbocycles. The molecule has 0 saturated heterocycles. The van der Waals surface area contributed by atoms with Crippen molar-refractivity contribution in [2.75, 3.05) is 5.32 Å². The zero-order chi connectivity index (χ0) is 14.0. The first-order valence-corrected chi connectivity index (χ1v) is 5.98. The maximum absolute atomic E-state index is 13.6. The second-order valence-corrected chi connectivity index (χ2v) is 4.54. The third-order valence-corrected chi connectivity index (χ3v) is 3.00. The number of aromatic hydroxyl groups is 1. The Bertz CT molecular complexity index is 647. The monoisotopic (exact) mass is 299 g/mol. The van der Waals surface area contributed by atoms with Crippen molar-refractivity contribution in [3.63, 3.8) is 0 Å². The van der Waals surface area contributed by atoms with E-state index in [9.17, 15) is 14.3 Å². The Kier molecular flexibility index (Phi) is 3.93. The number of phenols is 1. The van der Waals surface area contributed by atoms with Crippen LogP contribution in [0.4, 0.5) is 10.1 Å². The largest absolute Gasteiger partial charge is 0.506 e. The van der Waals surface area contributed by atoms with Gasteiger partial charge in [0, 0.05) is 5.56 Å². The lowest BCUT2D eigenvalue weighted by molar-refractivity contribution is 0.102. The van der Waals surface area contributed by atoms with Crippen molar-refractivity contribution in [2.24, 2.45) is 0 Å². The molecule has 98 valence electrons. The Morgan fingerprint density at radius 2 is 1.89 bits per heavy atom. The van der Waals surface area contributed by atoms with Crippen molar-refractivity contribution >= 4 is 34.8 Å². The van der Waals surface area contributed by atoms with E-state index in [4.69, 9.17) is 23.2 Å². The maximum Gasteiger partial charge on any atom is 0.255 e. The van der Waals surface area contributed by atoms with Gasteiger partial charge in [-0.3, -0.25) is 4.79 Å². The highest BCUT2D eigenvalue weighted by atomic mass is 35.5. The predicted molar refractivity (Wildman–Crippen MR) is 72.5 cm³/mol. The minimum absolute atomic E-state index is 0.0262. The van der Waals surface area contributed by atoms with Gasteiger partial charge in [0.25, 0.3) is 5.91 Å². The first-order valence-electron chi connectivity index (χ1n) is 5.23. The molecule has 6 heteroatoms. The van der Waals surface area contributed by atoms with Gasteiger partial charge in [0.1, 0.15) is 5.75 Å². The molecule has 0 aliphatic rings. The first kappa shape index (κ1) is 13.6. The molecule has 0 aliphatic heterocycles. The van der Waals surface area contributed by atoms with Gasteiger partial charge in [0.15, 0.2) is 5.82 Å². The molecule has 0 heterocycles. The Morgan fingerprint density at radius 1 is 1.16 bits per heavy atom. The highest BCUT2D eigenvalue weighted by molar-refractivity contribution is 6.32. The first-order chi connectivity index (χ1) is 8.99. The molecule has 2 N–H and O–H groups in total. The molecule has 0 unspecified atom stereocenters. The average Bonchev–Trinajstić information content (AvgIpc) is 2.38. The summed E-state index contributed by atoms with van der Waals surface area (Å²) in [6, 6.07) is 8.23. The molecule has 0 radical (unpaired) electrons. The predicted octanol–water partition coefficient (Wildman–Crippen LogP) is 4.09. The molecule has 0 aliphatic carbocycles. The highest BCUT2D eigenvalue weighted by Crippen LogP contribution is 2.25. The standard InChI is InChI=1S/C13H8Cl2FNO2/c14-8-2-1-3-10(12(8)16)17-13(19)7-4-5-11(18)9(15)6-7/h1-6,18H,(H,17,19). The van der Waals surface area contributed by atoms with E-state index in [-0.39, 0.29) is 27.0 Å². The molecule has 0 bridgehead atoms. The number of amides is 1. The van der Waals surface area contributed by atoms with Crippen molar-refractivity contribution in [3.8, 4) is 5.75 Å². The van der Waals surface area contributed by atoms with Crippen LogP contribution in [0.25, 0.3) is 0 Å². The number of hydrogen-bond donors (Lipinski definition) is 2. The summed E-state index contributed by atoms with van der Waals surface area (Å²) in [5.74, 6) is -1.39. The van der Waals surface area contributed by atoms with Crippen LogP contribution in [0, 0.1) is 5.82 Å². The number of rotatable bonds is 2. The topological polar surface area (TPSA) is 49.3 Å². The summed E-state index contributed by atoms with van der Waals surface area (Å²) in [6.45, 7) is 0. The zero-order valence-corrected chi connectivity index (χ0v) is 11.0. The van der Waals surface area contributed by atoms with Crippen molar-refractivity contribution < 1.29 is 14.3 Å². The van der Waals surface area contributed by atoms with Crippen molar-refractivity contribution in [1.29, 1.82) is 0 Å². The summed E-state index contributed by atoms with van der Waals surface area (Å²) in [7, 11) is 0. The third kappa shape index (κ3) is 2.97. The zero-order valence-electron chi connectivity index (χ0n) is 9.45. The molecule has 0 fully saturated rings. The SMILES string of the molecule is O=C(Nc1cccc(Cl)c1F)c1ccc(O)c(Cl)c1. The van der Waals surface area contributed by atoms with E-state index in [1.807, 2.05) is 0 Å². The van der Waals surface area contributed by atoms with Gasteiger partial charge in [-0.15, -0.1) is 0 Å². The van der Waals surface area contributed by atoms with Crippen LogP contribution < -0.4 is 5.32 Å². The molecular weight excluding hydrogens is 292 g/mol. The van der Waals surface area contributed by atoms with Crippen LogP contribution in [0.5, 0.6) is 5.75 Å². The number of benzene rings is 2. The van der Waals surface area contributed by atoms with E-state index in [0.717, 1.165) is 0 Å². The summed E-state index contributed by atoms with van der Waals surface area (Å²) in [4.78, 5) is 11.9. The fourth-order valence-corrected chi connectivity index (χ4v) is 1.80. The number of hydrogen-bond acceptors (Lipinski definition) is 2. The maximum atomic E-state index is 13.6. The van der Waals surface area contributed by atoms with Crippen molar-refractivity contribution in [1.82, 2.24) is 0 Å². The van der Waals surface area contributed by atoms with E-state index < -0.39 is 11.7 Å². The lowest BCUT2D eigenvalue weighted by Crippen LogP contribution is -2.13. The third-order valence-electron chi connectivity index (χ3n) is 2.41. The minimum Gasteiger partial charge on any atom is -0.506 e. The van der Waals surface area contributed by atoms with Crippen LogP contribution in [-0.4, -0.2) is 11.0 Å². The molecule has 2 aromatic rings. The Balaban J connectivity index is 2.26. The van der Waals surface area contributed by atoms with Crippen molar-refractivity contribution in [3.05, 3.63) is 57.8 Å². The van der Waals surface area contributed by atoms with Gasteiger partial charge in [-0.2, -0.15) is 0 Å². The number of carbonyl (C=O) groups excluding carboxylic acids is 1. The summed E-state index contributed by atoms with van der Waals surface area (Å²) < 4.78 is 13.6. The van der Waals surface area contributed by atoms with Crippen LogP contribution in [-0.2, 0) is 0 Å². The lowest BCUT2D eigenvalue weighted by atomic mass is 10.2. The molecule has 3 nitrogen and oxygen atoms in total. The molecular formula is C13H8Cl2FNO2. The van der Waals surface area contributed by atoms with Gasteiger partial charge in [0.05, 0.1) is 15.7 Å². The Hall–Kier alpha value is -1.78. The quantitative estimate of drug-likeness (QED) is 0.877. The van der Waals surface area contributed by atoms with Crippen LogP contribution in [0.15, 0.2) is 36.4 Å². The van der Waals surface area contributed by atoms with Gasteiger partial charge in [-0.25, -0.2) is 4.39 Å². The van der Waals surface area contributed by atoms with Gasteiger partial charge in [-0.05, 0) is 30.3 Å². The number of carbonyl (C=O) groups is 1. The normalized spacial score (nSPS) is 10.3. The number of halogens is 3. The molecule has 0 saturated carbocycles. The molecule has 2 rings (SSSR count). The summed E-state index contributed by atoms with van der Waals surface area (Å²) >= 11 is 11.3. The van der Waals surface area contributed by atoms with Gasteiger partial charge in [-0.1, -0.05) is 29.3 Å². The van der Waals surface area contributed by atoms with Crippen LogP contribution in [0.1, 0.15) is 10.4 Å². The fourth-order valence-electron chi connectivity index (χ4n) is 1.44. The fraction of sp³-hybridized carbons (Fsp3) is 0. The van der Waals surface area contributed by atoms with Gasteiger partial charge in [0.2, 0.25) is 0 Å². The highest BCUT2D eigenvalue weighted by Gasteiger charge is 2.12. The Labute approximate surface area is 118 Å². The molecule has 0 spiro atoms. The number of anilines is 1. The number of phenolic OH excluding ortho intramolecular Hbond substituents is 1. The summed E-state index contributed by atoms with van der Waals surface area (Å²) in [5.41, 5.74) is 0.170. The molecule has 19 heavy (non-hydrogen) atoms. The smallest absolute Gasteiger partial charge is 0.255 e. The van der Waals surface area contributed by atoms with Crippen molar-refractivity contribution in [2.45, 2.75) is 0 Å². The van der Waals surface area contributed by atoms with Gasteiger partial charge < -0.3 is 10.4 Å². The second-order valence-electron chi connectivity index (χ2n) is 3.72. The second kappa shape index (κ2) is 5.47. The summed E-state index contributed by atoms with van der Waals surface area (Å²) in [6.07, 6.45) is 0. The lowest BCUT2D eigenvalue weighted by Gasteiger charge is -2.07. The van der Waals surface area contributed by atoms with E-state index in [1.54, 1.807) is 0 Å². The van der Waals surface area contributed by atoms with E-state index in [0.29, 0.717) is 0 Å². The van der Waals surface area contributed by atoms with Crippen LogP contribution in [0.2, 0.25) is 10.0 Å². The molecule has 0 atom stereocenters. The van der Waals surface area contributed by atoms with Crippen LogP contribution >= 0.6 is 23.2 Å². The van der Waals surface area contributed by atoms with E-state index >= 15 is 0 Å².